The molecule has 0 amide bonds. The van der Waals surface area contributed by atoms with Gasteiger partial charge < -0.3 is 10.2 Å². The minimum atomic E-state index is -1.26. The van der Waals surface area contributed by atoms with E-state index >= 15 is 0 Å². The molecule has 0 aliphatic carbocycles. The van der Waals surface area contributed by atoms with Gasteiger partial charge in [0.15, 0.2) is 5.92 Å². The molecule has 1 atom stereocenters. The standard InChI is InChI=1S/C7H12O4.Li.H/c1-3-4(2)5(6(8)9)7(10)11;;/h4-5H,3H2,1-2H3,(H,8,9)(H,10,11);;. The zero-order valence-corrected chi connectivity index (χ0v) is 6.57. The van der Waals surface area contributed by atoms with Gasteiger partial charge in [-0.25, -0.2) is 0 Å². The third-order valence-electron chi connectivity index (χ3n) is 1.75. The third-order valence-corrected chi connectivity index (χ3v) is 1.75. The molecule has 0 aromatic carbocycles. The normalized spacial score (nSPS) is 11.9. The molecular weight excluding hydrogens is 155 g/mol. The second-order valence-corrected chi connectivity index (χ2v) is 2.54. The van der Waals surface area contributed by atoms with Gasteiger partial charge in [0, 0.05) is 0 Å². The monoisotopic (exact) mass is 168 g/mol. The molecule has 0 spiro atoms. The number of aliphatic carboxylic acids is 2. The Morgan fingerprint density at radius 2 is 1.58 bits per heavy atom. The SMILES string of the molecule is CCC(C)C(C(=O)O)C(=O)O.[LiH]. The molecule has 1 unspecified atom stereocenters. The molecule has 0 aliphatic rings. The molecule has 12 heavy (non-hydrogen) atoms. The summed E-state index contributed by atoms with van der Waals surface area (Å²) in [6, 6.07) is 0. The van der Waals surface area contributed by atoms with E-state index in [-0.39, 0.29) is 24.8 Å². The van der Waals surface area contributed by atoms with E-state index in [4.69, 9.17) is 10.2 Å². The van der Waals surface area contributed by atoms with Gasteiger partial charge in [-0.2, -0.15) is 0 Å². The molecule has 2 N–H and O–H groups in total. The number of carboxylic acids is 2. The second-order valence-electron chi connectivity index (χ2n) is 2.54. The average molecular weight is 168 g/mol. The van der Waals surface area contributed by atoms with Gasteiger partial charge in [-0.05, 0) is 5.92 Å². The maximum absolute atomic E-state index is 10.4. The number of hydrogen-bond acceptors (Lipinski definition) is 2. The van der Waals surface area contributed by atoms with Crippen molar-refractivity contribution in [3.8, 4) is 0 Å². The number of carboxylic acid groups (broad SMARTS) is 2. The fourth-order valence-electron chi connectivity index (χ4n) is 0.828. The van der Waals surface area contributed by atoms with Crippen LogP contribution in [-0.2, 0) is 9.59 Å². The van der Waals surface area contributed by atoms with Crippen molar-refractivity contribution in [2.24, 2.45) is 11.8 Å². The van der Waals surface area contributed by atoms with Crippen LogP contribution in [0.2, 0.25) is 0 Å². The van der Waals surface area contributed by atoms with Gasteiger partial charge in [-0.15, -0.1) is 0 Å². The Balaban J connectivity index is 0. The third kappa shape index (κ3) is 3.79. The first-order valence-corrected chi connectivity index (χ1v) is 3.46. The van der Waals surface area contributed by atoms with Crippen LogP contribution < -0.4 is 0 Å². The van der Waals surface area contributed by atoms with Crippen LogP contribution in [0.5, 0.6) is 0 Å². The molecule has 0 bridgehead atoms. The van der Waals surface area contributed by atoms with Crippen molar-refractivity contribution >= 4 is 30.8 Å². The molecule has 0 rings (SSSR count). The molecule has 66 valence electrons. The van der Waals surface area contributed by atoms with Crippen molar-refractivity contribution in [2.75, 3.05) is 0 Å². The van der Waals surface area contributed by atoms with E-state index < -0.39 is 17.9 Å². The predicted octanol–water partition coefficient (Wildman–Crippen LogP) is 0.169. The summed E-state index contributed by atoms with van der Waals surface area (Å²) in [5.41, 5.74) is 0. The fraction of sp³-hybridized carbons (Fsp3) is 0.714. The molecule has 0 fully saturated rings. The Hall–Kier alpha value is -0.463. The Bertz CT molecular complexity index is 155. The molecule has 0 heterocycles. The van der Waals surface area contributed by atoms with Gasteiger partial charge in [-0.1, -0.05) is 20.3 Å². The first-order valence-electron chi connectivity index (χ1n) is 3.46. The van der Waals surface area contributed by atoms with Crippen molar-refractivity contribution in [3.05, 3.63) is 0 Å². The van der Waals surface area contributed by atoms with Gasteiger partial charge in [0.1, 0.15) is 0 Å². The maximum atomic E-state index is 10.4. The topological polar surface area (TPSA) is 74.6 Å². The molecule has 4 nitrogen and oxygen atoms in total. The van der Waals surface area contributed by atoms with Crippen LogP contribution in [0.25, 0.3) is 0 Å². The average Bonchev–Trinajstić information content (AvgIpc) is 1.85. The number of rotatable bonds is 4. The van der Waals surface area contributed by atoms with Crippen molar-refractivity contribution in [2.45, 2.75) is 20.3 Å². The van der Waals surface area contributed by atoms with E-state index in [2.05, 4.69) is 0 Å². The van der Waals surface area contributed by atoms with Crippen molar-refractivity contribution in [1.82, 2.24) is 0 Å². The summed E-state index contributed by atoms with van der Waals surface area (Å²) in [5.74, 6) is -4.09. The van der Waals surface area contributed by atoms with E-state index in [0.29, 0.717) is 6.42 Å². The zero-order valence-electron chi connectivity index (χ0n) is 6.57. The summed E-state index contributed by atoms with van der Waals surface area (Å²) in [6.45, 7) is 3.39. The molecule has 5 heteroatoms. The molecule has 0 aromatic rings. The van der Waals surface area contributed by atoms with E-state index in [1.165, 1.54) is 0 Å². The summed E-state index contributed by atoms with van der Waals surface area (Å²) < 4.78 is 0. The molecule has 0 saturated carbocycles. The van der Waals surface area contributed by atoms with Crippen LogP contribution in [0.1, 0.15) is 20.3 Å². The van der Waals surface area contributed by atoms with Crippen molar-refractivity contribution < 1.29 is 19.8 Å². The zero-order chi connectivity index (χ0) is 9.02. The van der Waals surface area contributed by atoms with E-state index in [9.17, 15) is 9.59 Å². The Kier molecular flexibility index (Phi) is 7.16. The summed E-state index contributed by atoms with van der Waals surface area (Å²) in [6.07, 6.45) is 0.559. The Labute approximate surface area is 83.1 Å². The molecule has 0 aromatic heterocycles. The second kappa shape index (κ2) is 6.10. The molecular formula is C7H13LiO4. The van der Waals surface area contributed by atoms with E-state index in [0.717, 1.165) is 0 Å². The van der Waals surface area contributed by atoms with Crippen LogP contribution >= 0.6 is 0 Å². The van der Waals surface area contributed by atoms with Gasteiger partial charge >= 0.3 is 30.8 Å². The number of hydrogen-bond donors (Lipinski definition) is 2. The van der Waals surface area contributed by atoms with Gasteiger partial charge in [0.2, 0.25) is 0 Å². The summed E-state index contributed by atoms with van der Waals surface area (Å²) in [7, 11) is 0. The summed E-state index contributed by atoms with van der Waals surface area (Å²) in [4.78, 5) is 20.7. The van der Waals surface area contributed by atoms with E-state index in [1.807, 2.05) is 0 Å². The summed E-state index contributed by atoms with van der Waals surface area (Å²) in [5, 5.41) is 16.9. The Morgan fingerprint density at radius 1 is 1.25 bits per heavy atom. The van der Waals surface area contributed by atoms with Crippen LogP contribution in [0, 0.1) is 11.8 Å². The summed E-state index contributed by atoms with van der Waals surface area (Å²) >= 11 is 0. The molecule has 0 radical (unpaired) electrons. The number of carbonyl (C=O) groups is 2. The van der Waals surface area contributed by atoms with Crippen LogP contribution in [0.3, 0.4) is 0 Å². The quantitative estimate of drug-likeness (QED) is 0.463. The van der Waals surface area contributed by atoms with Crippen molar-refractivity contribution in [1.29, 1.82) is 0 Å². The van der Waals surface area contributed by atoms with Crippen molar-refractivity contribution in [3.63, 3.8) is 0 Å². The van der Waals surface area contributed by atoms with Gasteiger partial charge in [0.25, 0.3) is 0 Å². The first-order chi connectivity index (χ1) is 5.00. The van der Waals surface area contributed by atoms with E-state index in [1.54, 1.807) is 13.8 Å². The molecule has 0 aliphatic heterocycles. The fourth-order valence-corrected chi connectivity index (χ4v) is 0.828. The first kappa shape index (κ1) is 14.1. The van der Waals surface area contributed by atoms with Crippen LogP contribution in [-0.4, -0.2) is 41.0 Å². The Morgan fingerprint density at radius 3 is 1.67 bits per heavy atom. The minimum absolute atomic E-state index is 0. The van der Waals surface area contributed by atoms with Gasteiger partial charge in [0.05, 0.1) is 0 Å². The van der Waals surface area contributed by atoms with Gasteiger partial charge in [-0.3, -0.25) is 9.59 Å². The predicted molar refractivity (Wildman–Crippen MR) is 45.4 cm³/mol. The molecule has 0 saturated heterocycles. The van der Waals surface area contributed by atoms with Crippen LogP contribution in [0.4, 0.5) is 0 Å². The van der Waals surface area contributed by atoms with Crippen LogP contribution in [0.15, 0.2) is 0 Å².